The molecular formula is C15H19NO4. The first-order valence-electron chi connectivity index (χ1n) is 6.61. The van der Waals surface area contributed by atoms with E-state index in [0.717, 1.165) is 11.1 Å². The zero-order chi connectivity index (χ0) is 14.8. The van der Waals surface area contributed by atoms with Crippen LogP contribution in [0.5, 0.6) is 0 Å². The summed E-state index contributed by atoms with van der Waals surface area (Å²) in [5.41, 5.74) is 1.66. The Morgan fingerprint density at radius 2 is 2.15 bits per heavy atom. The number of rotatable bonds is 4. The lowest BCUT2D eigenvalue weighted by molar-refractivity contribution is -0.138. The Morgan fingerprint density at radius 3 is 2.75 bits per heavy atom. The van der Waals surface area contributed by atoms with Crippen molar-refractivity contribution in [3.05, 3.63) is 34.9 Å². The van der Waals surface area contributed by atoms with Gasteiger partial charge in [-0.2, -0.15) is 0 Å². The summed E-state index contributed by atoms with van der Waals surface area (Å²) in [6.45, 7) is 4.50. The molecule has 1 aromatic rings. The van der Waals surface area contributed by atoms with Crippen LogP contribution < -0.4 is 5.32 Å². The molecule has 1 atom stereocenters. The molecule has 0 spiro atoms. The van der Waals surface area contributed by atoms with Gasteiger partial charge >= 0.3 is 5.97 Å². The van der Waals surface area contributed by atoms with Gasteiger partial charge < -0.3 is 15.2 Å². The van der Waals surface area contributed by atoms with Gasteiger partial charge in [0.15, 0.2) is 0 Å². The highest BCUT2D eigenvalue weighted by atomic mass is 16.5. The van der Waals surface area contributed by atoms with Crippen molar-refractivity contribution >= 4 is 11.9 Å². The normalized spacial score (nSPS) is 21.7. The van der Waals surface area contributed by atoms with Gasteiger partial charge in [-0.25, -0.2) is 0 Å². The second-order valence-electron chi connectivity index (χ2n) is 5.43. The molecule has 1 saturated heterocycles. The predicted octanol–water partition coefficient (Wildman–Crippen LogP) is 1.67. The summed E-state index contributed by atoms with van der Waals surface area (Å²) in [6, 6.07) is 5.64. The Bertz CT molecular complexity index is 533. The minimum Gasteiger partial charge on any atom is -0.481 e. The molecule has 0 aromatic heterocycles. The molecule has 20 heavy (non-hydrogen) atoms. The molecule has 5 heteroatoms. The highest BCUT2D eigenvalue weighted by molar-refractivity contribution is 5.96. The van der Waals surface area contributed by atoms with Gasteiger partial charge in [-0.3, -0.25) is 9.59 Å². The highest BCUT2D eigenvalue weighted by Crippen LogP contribution is 2.24. The quantitative estimate of drug-likeness (QED) is 0.877. The Morgan fingerprint density at radius 1 is 1.40 bits per heavy atom. The molecule has 0 aliphatic carbocycles. The van der Waals surface area contributed by atoms with E-state index in [-0.39, 0.29) is 18.9 Å². The Labute approximate surface area is 117 Å². The molecule has 108 valence electrons. The van der Waals surface area contributed by atoms with Crippen LogP contribution in [0.4, 0.5) is 0 Å². The van der Waals surface area contributed by atoms with Crippen molar-refractivity contribution in [2.45, 2.75) is 32.2 Å². The molecule has 1 fully saturated rings. The lowest BCUT2D eigenvalue weighted by Crippen LogP contribution is -2.50. The summed E-state index contributed by atoms with van der Waals surface area (Å²) < 4.78 is 5.27. The molecule has 0 saturated carbocycles. The van der Waals surface area contributed by atoms with E-state index in [0.29, 0.717) is 18.6 Å². The van der Waals surface area contributed by atoms with Gasteiger partial charge in [0, 0.05) is 12.2 Å². The maximum atomic E-state index is 12.4. The number of amides is 1. The fraction of sp³-hybridized carbons (Fsp3) is 0.467. The third-order valence-corrected chi connectivity index (χ3v) is 3.61. The van der Waals surface area contributed by atoms with Crippen molar-refractivity contribution in [1.82, 2.24) is 5.32 Å². The van der Waals surface area contributed by atoms with Crippen molar-refractivity contribution in [3.63, 3.8) is 0 Å². The molecule has 1 unspecified atom stereocenters. The number of carbonyl (C=O) groups is 2. The van der Waals surface area contributed by atoms with Crippen LogP contribution in [0.1, 0.15) is 34.3 Å². The predicted molar refractivity (Wildman–Crippen MR) is 73.8 cm³/mol. The molecule has 2 N–H and O–H groups in total. The third kappa shape index (κ3) is 3.17. The van der Waals surface area contributed by atoms with Crippen LogP contribution in [0, 0.1) is 13.8 Å². The summed E-state index contributed by atoms with van der Waals surface area (Å²) in [6.07, 6.45) is 0.402. The van der Waals surface area contributed by atoms with Crippen LogP contribution in [0.3, 0.4) is 0 Å². The standard InChI is InChI=1S/C15H19NO4/c1-10-3-4-11(2)12(7-10)14(19)16-15(8-13(17)18)5-6-20-9-15/h3-4,7H,5-6,8-9H2,1-2H3,(H,16,19)(H,17,18). The molecule has 1 aromatic carbocycles. The van der Waals surface area contributed by atoms with Gasteiger partial charge in [0.05, 0.1) is 18.6 Å². The topological polar surface area (TPSA) is 75.6 Å². The number of benzene rings is 1. The van der Waals surface area contributed by atoms with E-state index in [2.05, 4.69) is 5.32 Å². The lowest BCUT2D eigenvalue weighted by Gasteiger charge is -2.27. The number of hydrogen-bond acceptors (Lipinski definition) is 3. The van der Waals surface area contributed by atoms with Gasteiger partial charge in [-0.05, 0) is 31.9 Å². The SMILES string of the molecule is Cc1ccc(C)c(C(=O)NC2(CC(=O)O)CCOC2)c1. The average molecular weight is 277 g/mol. The Hall–Kier alpha value is -1.88. The van der Waals surface area contributed by atoms with Crippen LogP contribution in [-0.2, 0) is 9.53 Å². The highest BCUT2D eigenvalue weighted by Gasteiger charge is 2.38. The molecular weight excluding hydrogens is 258 g/mol. The average Bonchev–Trinajstić information content (AvgIpc) is 2.79. The fourth-order valence-corrected chi connectivity index (χ4v) is 2.47. The van der Waals surface area contributed by atoms with Crippen LogP contribution in [0.2, 0.25) is 0 Å². The van der Waals surface area contributed by atoms with Gasteiger partial charge in [-0.15, -0.1) is 0 Å². The van der Waals surface area contributed by atoms with E-state index in [9.17, 15) is 9.59 Å². The fourth-order valence-electron chi connectivity index (χ4n) is 2.47. The second kappa shape index (κ2) is 5.63. The smallest absolute Gasteiger partial charge is 0.305 e. The van der Waals surface area contributed by atoms with Crippen LogP contribution >= 0.6 is 0 Å². The summed E-state index contributed by atoms with van der Waals surface area (Å²) in [4.78, 5) is 23.4. The van der Waals surface area contributed by atoms with Gasteiger partial charge in [-0.1, -0.05) is 17.7 Å². The zero-order valence-corrected chi connectivity index (χ0v) is 11.7. The first kappa shape index (κ1) is 14.5. The van der Waals surface area contributed by atoms with E-state index < -0.39 is 11.5 Å². The number of aryl methyl sites for hydroxylation is 2. The van der Waals surface area contributed by atoms with Crippen molar-refractivity contribution in [2.75, 3.05) is 13.2 Å². The zero-order valence-electron chi connectivity index (χ0n) is 11.7. The van der Waals surface area contributed by atoms with E-state index in [4.69, 9.17) is 9.84 Å². The van der Waals surface area contributed by atoms with Crippen molar-refractivity contribution in [3.8, 4) is 0 Å². The molecule has 2 rings (SSSR count). The number of hydrogen-bond donors (Lipinski definition) is 2. The van der Waals surface area contributed by atoms with Crippen molar-refractivity contribution < 1.29 is 19.4 Å². The molecule has 0 radical (unpaired) electrons. The summed E-state index contributed by atoms with van der Waals surface area (Å²) in [5.74, 6) is -1.17. The van der Waals surface area contributed by atoms with Crippen LogP contribution in [0.25, 0.3) is 0 Å². The van der Waals surface area contributed by atoms with E-state index >= 15 is 0 Å². The van der Waals surface area contributed by atoms with Crippen molar-refractivity contribution in [2.24, 2.45) is 0 Å². The van der Waals surface area contributed by atoms with Gasteiger partial charge in [0.1, 0.15) is 0 Å². The maximum Gasteiger partial charge on any atom is 0.305 e. The summed E-state index contributed by atoms with van der Waals surface area (Å²) in [5, 5.41) is 11.9. The summed E-state index contributed by atoms with van der Waals surface area (Å²) >= 11 is 0. The number of carbonyl (C=O) groups excluding carboxylic acids is 1. The van der Waals surface area contributed by atoms with E-state index in [1.54, 1.807) is 0 Å². The third-order valence-electron chi connectivity index (χ3n) is 3.61. The minimum atomic E-state index is -0.934. The molecule has 5 nitrogen and oxygen atoms in total. The number of aliphatic carboxylic acids is 1. The number of carboxylic acids is 1. The maximum absolute atomic E-state index is 12.4. The Kier molecular flexibility index (Phi) is 4.09. The monoisotopic (exact) mass is 277 g/mol. The van der Waals surface area contributed by atoms with Gasteiger partial charge in [0.25, 0.3) is 5.91 Å². The Balaban J connectivity index is 2.20. The lowest BCUT2D eigenvalue weighted by atomic mass is 9.93. The molecule has 1 heterocycles. The molecule has 0 bridgehead atoms. The first-order chi connectivity index (χ1) is 9.42. The first-order valence-corrected chi connectivity index (χ1v) is 6.61. The second-order valence-corrected chi connectivity index (χ2v) is 5.43. The minimum absolute atomic E-state index is 0.121. The molecule has 1 amide bonds. The molecule has 1 aliphatic rings. The van der Waals surface area contributed by atoms with Crippen molar-refractivity contribution in [1.29, 1.82) is 0 Å². The molecule has 1 aliphatic heterocycles. The largest absolute Gasteiger partial charge is 0.481 e. The van der Waals surface area contributed by atoms with E-state index in [1.165, 1.54) is 0 Å². The number of ether oxygens (including phenoxy) is 1. The summed E-state index contributed by atoms with van der Waals surface area (Å²) in [7, 11) is 0. The number of carboxylic acid groups (broad SMARTS) is 1. The van der Waals surface area contributed by atoms with E-state index in [1.807, 2.05) is 32.0 Å². The van der Waals surface area contributed by atoms with Gasteiger partial charge in [0.2, 0.25) is 0 Å². The number of nitrogens with one attached hydrogen (secondary N) is 1. The van der Waals surface area contributed by atoms with Crippen LogP contribution in [0.15, 0.2) is 18.2 Å². The van der Waals surface area contributed by atoms with Crippen LogP contribution in [-0.4, -0.2) is 35.7 Å².